The van der Waals surface area contributed by atoms with E-state index in [0.717, 1.165) is 6.42 Å². The lowest BCUT2D eigenvalue weighted by atomic mass is 10.1. The van der Waals surface area contributed by atoms with Gasteiger partial charge in [-0.05, 0) is 17.5 Å². The maximum absolute atomic E-state index is 10.5. The predicted molar refractivity (Wildman–Crippen MR) is 132 cm³/mol. The van der Waals surface area contributed by atoms with E-state index in [0.29, 0.717) is 0 Å². The lowest BCUT2D eigenvalue weighted by molar-refractivity contribution is 0.282. The minimum Gasteiger partial charge on any atom is -0.332 e. The van der Waals surface area contributed by atoms with E-state index < -0.39 is 15.0 Å². The first-order valence-corrected chi connectivity index (χ1v) is 14.5. The molecular weight excluding hydrogens is 418 g/mol. The van der Waals surface area contributed by atoms with Gasteiger partial charge in [0, 0.05) is 41.3 Å². The van der Waals surface area contributed by atoms with Crippen molar-refractivity contribution in [2.75, 3.05) is 41.3 Å². The molecule has 0 heterocycles. The van der Waals surface area contributed by atoms with Crippen molar-refractivity contribution in [2.24, 2.45) is 0 Å². The maximum Gasteiger partial charge on any atom is 0.327 e. The van der Waals surface area contributed by atoms with Crippen LogP contribution in [0.25, 0.3) is 0 Å². The molecule has 0 fully saturated rings. The first-order chi connectivity index (χ1) is 14.1. The Balaban J connectivity index is -0.000000368. The second kappa shape index (κ2) is 21.0. The largest absolute Gasteiger partial charge is 0.332 e. The van der Waals surface area contributed by atoms with E-state index in [9.17, 15) is 9.13 Å². The minimum atomic E-state index is -2.65. The van der Waals surface area contributed by atoms with E-state index in [1.807, 2.05) is 27.7 Å². The summed E-state index contributed by atoms with van der Waals surface area (Å²) in [5.74, 6) is 0. The summed E-state index contributed by atoms with van der Waals surface area (Å²) in [5.41, 5.74) is 2.74. The van der Waals surface area contributed by atoms with Crippen molar-refractivity contribution < 1.29 is 22.7 Å². The van der Waals surface area contributed by atoms with Crippen LogP contribution in [0.15, 0.2) is 60.7 Å². The molecule has 0 radical (unpaired) electrons. The van der Waals surface area contributed by atoms with Crippen molar-refractivity contribution in [3.63, 3.8) is 0 Å². The predicted octanol–water partition coefficient (Wildman–Crippen LogP) is 7.60. The van der Waals surface area contributed by atoms with E-state index in [-0.39, 0.29) is 0 Å². The minimum absolute atomic E-state index is 1.03. The highest BCUT2D eigenvalue weighted by molar-refractivity contribution is 7.57. The standard InChI is InChI=1S/C13H12.C3H9O3P.C3H9O2P.2C2H6/c1-3-7-12(8-4-1)11-13-9-5-2-6-10-13;1-5-7(3,4)6-2;1-5-6(2,3)4;2*1-2/h1-10H,11H2;1-3H3;1-3H3;2*1-2H3. The SMILES string of the molecule is CC.CC.COP(C)(=O)OC.COP(C)(C)=O.c1ccc(Cc2ccccc2)cc1. The van der Waals surface area contributed by atoms with Gasteiger partial charge in [-0.25, -0.2) is 0 Å². The first-order valence-electron chi connectivity index (χ1n) is 10.0. The summed E-state index contributed by atoms with van der Waals surface area (Å²) < 4.78 is 34.2. The molecule has 0 aromatic heterocycles. The normalized spacial score (nSPS) is 9.80. The van der Waals surface area contributed by atoms with Gasteiger partial charge in [0.05, 0.1) is 0 Å². The molecular formula is C23H42O5P2. The van der Waals surface area contributed by atoms with E-state index in [1.165, 1.54) is 39.1 Å². The molecule has 0 aliphatic rings. The molecule has 0 amide bonds. The van der Waals surface area contributed by atoms with E-state index in [1.54, 1.807) is 13.3 Å². The van der Waals surface area contributed by atoms with Gasteiger partial charge in [0.2, 0.25) is 0 Å². The highest BCUT2D eigenvalue weighted by Crippen LogP contribution is 2.40. The van der Waals surface area contributed by atoms with Crippen LogP contribution in [-0.2, 0) is 29.1 Å². The zero-order valence-electron chi connectivity index (χ0n) is 20.4. The maximum atomic E-state index is 10.5. The second-order valence-corrected chi connectivity index (χ2v) is 10.9. The molecule has 2 aromatic rings. The van der Waals surface area contributed by atoms with Crippen LogP contribution < -0.4 is 0 Å². The topological polar surface area (TPSA) is 61.8 Å². The average molecular weight is 461 g/mol. The molecule has 0 N–H and O–H groups in total. The highest BCUT2D eigenvalue weighted by atomic mass is 31.2. The van der Waals surface area contributed by atoms with Gasteiger partial charge >= 0.3 is 7.60 Å². The zero-order chi connectivity index (χ0) is 24.1. The molecule has 2 rings (SSSR count). The Hall–Kier alpha value is -1.22. The summed E-state index contributed by atoms with van der Waals surface area (Å²) in [6.45, 7) is 12.6. The Morgan fingerprint density at radius 1 is 0.600 bits per heavy atom. The zero-order valence-corrected chi connectivity index (χ0v) is 22.2. The van der Waals surface area contributed by atoms with Crippen molar-refractivity contribution in [3.05, 3.63) is 71.8 Å². The Bertz CT molecular complexity index is 640. The van der Waals surface area contributed by atoms with Gasteiger partial charge < -0.3 is 13.6 Å². The smallest absolute Gasteiger partial charge is 0.327 e. The van der Waals surface area contributed by atoms with Crippen LogP contribution in [0.1, 0.15) is 38.8 Å². The molecule has 0 spiro atoms. The summed E-state index contributed by atoms with van der Waals surface area (Å²) in [7, 11) is -0.653. The summed E-state index contributed by atoms with van der Waals surface area (Å²) >= 11 is 0. The summed E-state index contributed by atoms with van der Waals surface area (Å²) in [4.78, 5) is 0. The molecule has 7 heteroatoms. The van der Waals surface area contributed by atoms with E-state index in [2.05, 4.69) is 74.2 Å². The van der Waals surface area contributed by atoms with Crippen LogP contribution in [0.3, 0.4) is 0 Å². The van der Waals surface area contributed by atoms with Crippen LogP contribution in [0.5, 0.6) is 0 Å². The average Bonchev–Trinajstić information content (AvgIpc) is 2.78. The van der Waals surface area contributed by atoms with Gasteiger partial charge in [0.1, 0.15) is 0 Å². The van der Waals surface area contributed by atoms with Gasteiger partial charge in [0.25, 0.3) is 0 Å². The van der Waals surface area contributed by atoms with Crippen LogP contribution >= 0.6 is 15.0 Å². The van der Waals surface area contributed by atoms with Crippen molar-refractivity contribution in [3.8, 4) is 0 Å². The lowest BCUT2D eigenvalue weighted by Gasteiger charge is -2.04. The van der Waals surface area contributed by atoms with Crippen LogP contribution in [0.4, 0.5) is 0 Å². The van der Waals surface area contributed by atoms with Gasteiger partial charge in [-0.15, -0.1) is 0 Å². The highest BCUT2D eigenvalue weighted by Gasteiger charge is 2.08. The molecule has 0 saturated heterocycles. The molecule has 0 unspecified atom stereocenters. The fraction of sp³-hybridized carbons (Fsp3) is 0.478. The van der Waals surface area contributed by atoms with Gasteiger partial charge in [0.15, 0.2) is 7.37 Å². The molecule has 0 bridgehead atoms. The van der Waals surface area contributed by atoms with Crippen LogP contribution in [0.2, 0.25) is 0 Å². The Morgan fingerprint density at radius 3 is 1.03 bits per heavy atom. The third-order valence-corrected chi connectivity index (χ3v) is 5.40. The van der Waals surface area contributed by atoms with Crippen molar-refractivity contribution in [1.82, 2.24) is 0 Å². The van der Waals surface area contributed by atoms with Crippen LogP contribution in [0, 0.1) is 0 Å². The molecule has 2 aromatic carbocycles. The molecule has 0 aliphatic heterocycles. The molecule has 5 nitrogen and oxygen atoms in total. The number of hydrogen-bond donors (Lipinski definition) is 0. The first kappa shape index (κ1) is 33.4. The van der Waals surface area contributed by atoms with Crippen molar-refractivity contribution in [2.45, 2.75) is 34.1 Å². The summed E-state index contributed by atoms with van der Waals surface area (Å²) in [6.07, 6.45) is 1.03. The van der Waals surface area contributed by atoms with Crippen molar-refractivity contribution >= 4 is 15.0 Å². The van der Waals surface area contributed by atoms with Gasteiger partial charge in [-0.2, -0.15) is 0 Å². The van der Waals surface area contributed by atoms with E-state index >= 15 is 0 Å². The quantitative estimate of drug-likeness (QED) is 0.430. The van der Waals surface area contributed by atoms with Crippen molar-refractivity contribution in [1.29, 1.82) is 0 Å². The Morgan fingerprint density at radius 2 is 0.867 bits per heavy atom. The summed E-state index contributed by atoms with van der Waals surface area (Å²) in [6, 6.07) is 21.1. The molecule has 0 saturated carbocycles. The Labute approximate surface area is 185 Å². The summed E-state index contributed by atoms with van der Waals surface area (Å²) in [5, 5.41) is 0. The number of benzene rings is 2. The molecule has 174 valence electrons. The number of rotatable bonds is 5. The van der Waals surface area contributed by atoms with Gasteiger partial charge in [-0.3, -0.25) is 9.13 Å². The third kappa shape index (κ3) is 23.1. The third-order valence-electron chi connectivity index (χ3n) is 3.20. The van der Waals surface area contributed by atoms with Gasteiger partial charge in [-0.1, -0.05) is 88.4 Å². The van der Waals surface area contributed by atoms with Crippen LogP contribution in [-0.4, -0.2) is 41.3 Å². The van der Waals surface area contributed by atoms with E-state index in [4.69, 9.17) is 0 Å². The monoisotopic (exact) mass is 460 g/mol. The molecule has 0 atom stereocenters. The fourth-order valence-corrected chi connectivity index (χ4v) is 1.65. The second-order valence-electron chi connectivity index (χ2n) is 5.72. The number of hydrogen-bond acceptors (Lipinski definition) is 5. The fourth-order valence-electron chi connectivity index (χ4n) is 1.50. The molecule has 30 heavy (non-hydrogen) atoms. The Kier molecular flexibility index (Phi) is 23.4. The lowest BCUT2D eigenvalue weighted by Crippen LogP contribution is -1.85. The molecule has 0 aliphatic carbocycles.